The van der Waals surface area contributed by atoms with Crippen molar-refractivity contribution >= 4 is 5.91 Å². The van der Waals surface area contributed by atoms with Gasteiger partial charge in [0.1, 0.15) is 17.1 Å². The van der Waals surface area contributed by atoms with Crippen LogP contribution in [0.1, 0.15) is 19.6 Å². The fourth-order valence-electron chi connectivity index (χ4n) is 1.83. The van der Waals surface area contributed by atoms with Crippen LogP contribution in [0.3, 0.4) is 0 Å². The van der Waals surface area contributed by atoms with Gasteiger partial charge in [0.2, 0.25) is 0 Å². The number of furan rings is 1. The molecule has 0 radical (unpaired) electrons. The Morgan fingerprint density at radius 3 is 2.67 bits per heavy atom. The summed E-state index contributed by atoms with van der Waals surface area (Å²) in [5.41, 5.74) is -1.26. The fourth-order valence-corrected chi connectivity index (χ4v) is 1.83. The Hall–Kier alpha value is -2.27. The van der Waals surface area contributed by atoms with Crippen LogP contribution in [0.15, 0.2) is 53.1 Å². The predicted octanol–water partition coefficient (Wildman–Crippen LogP) is 2.07. The first-order chi connectivity index (χ1) is 9.99. The molecule has 0 aliphatic heterocycles. The maximum atomic E-state index is 12.0. The molecule has 1 aromatic heterocycles. The number of hydrogen-bond acceptors (Lipinski definition) is 4. The number of aliphatic hydroxyl groups is 1. The second-order valence-corrected chi connectivity index (χ2v) is 5.04. The highest BCUT2D eigenvalue weighted by Gasteiger charge is 2.28. The van der Waals surface area contributed by atoms with E-state index in [4.69, 9.17) is 9.15 Å². The van der Waals surface area contributed by atoms with Crippen LogP contribution in [0.25, 0.3) is 0 Å². The molecule has 0 fully saturated rings. The number of ether oxygens (including phenoxy) is 1. The third-order valence-electron chi connectivity index (χ3n) is 3.08. The van der Waals surface area contributed by atoms with Gasteiger partial charge >= 0.3 is 0 Å². The van der Waals surface area contributed by atoms with Crippen LogP contribution >= 0.6 is 0 Å². The molecule has 0 saturated carbocycles. The highest BCUT2D eigenvalue weighted by molar-refractivity contribution is 5.80. The third-order valence-corrected chi connectivity index (χ3v) is 3.08. The third kappa shape index (κ3) is 4.10. The number of rotatable bonds is 6. The quantitative estimate of drug-likeness (QED) is 0.854. The summed E-state index contributed by atoms with van der Waals surface area (Å²) in [7, 11) is 0. The summed E-state index contributed by atoms with van der Waals surface area (Å²) in [6, 6.07) is 12.5. The van der Waals surface area contributed by atoms with Crippen LogP contribution in [0.2, 0.25) is 0 Å². The van der Waals surface area contributed by atoms with E-state index in [1.807, 2.05) is 18.2 Å². The van der Waals surface area contributed by atoms with Gasteiger partial charge in [0.25, 0.3) is 5.91 Å². The summed E-state index contributed by atoms with van der Waals surface area (Å²) in [5.74, 6) is 0.725. The van der Waals surface area contributed by atoms with E-state index >= 15 is 0 Å². The first-order valence-electron chi connectivity index (χ1n) is 6.75. The number of benzene rings is 1. The van der Waals surface area contributed by atoms with Gasteiger partial charge in [-0.2, -0.15) is 0 Å². The maximum absolute atomic E-state index is 12.0. The van der Waals surface area contributed by atoms with Crippen LogP contribution in [-0.2, 0) is 10.4 Å². The first-order valence-corrected chi connectivity index (χ1v) is 6.75. The number of carbonyl (C=O) groups excluding carboxylic acids is 1. The lowest BCUT2D eigenvalue weighted by molar-refractivity contribution is -0.128. The van der Waals surface area contributed by atoms with Crippen LogP contribution < -0.4 is 10.1 Å². The molecule has 21 heavy (non-hydrogen) atoms. The fraction of sp³-hybridized carbons (Fsp3) is 0.312. The molecule has 1 amide bonds. The molecular formula is C16H19NO4. The van der Waals surface area contributed by atoms with E-state index in [1.165, 1.54) is 6.26 Å². The monoisotopic (exact) mass is 289 g/mol. The molecule has 2 N–H and O–H groups in total. The van der Waals surface area contributed by atoms with Gasteiger partial charge in [-0.05, 0) is 38.1 Å². The standard InChI is InChI=1S/C16H19NO4/c1-12(21-13-7-4-3-5-8-13)15(18)17-11-16(2,19)14-9-6-10-20-14/h3-10,12,19H,11H2,1-2H3,(H,17,18)/t12-,16+/m0/s1. The Balaban J connectivity index is 1.87. The molecule has 1 aromatic carbocycles. The molecule has 5 nitrogen and oxygen atoms in total. The molecule has 2 rings (SSSR count). The van der Waals surface area contributed by atoms with E-state index in [0.29, 0.717) is 11.5 Å². The molecule has 112 valence electrons. The minimum Gasteiger partial charge on any atom is -0.481 e. The van der Waals surface area contributed by atoms with Crippen LogP contribution in [0.4, 0.5) is 0 Å². The van der Waals surface area contributed by atoms with Crippen LogP contribution in [0.5, 0.6) is 5.75 Å². The van der Waals surface area contributed by atoms with Crippen molar-refractivity contribution in [1.29, 1.82) is 0 Å². The van der Waals surface area contributed by atoms with Crippen molar-refractivity contribution in [3.05, 3.63) is 54.5 Å². The topological polar surface area (TPSA) is 71.7 Å². The van der Waals surface area contributed by atoms with E-state index in [-0.39, 0.29) is 12.5 Å². The summed E-state index contributed by atoms with van der Waals surface area (Å²) < 4.78 is 10.7. The highest BCUT2D eigenvalue weighted by Crippen LogP contribution is 2.19. The largest absolute Gasteiger partial charge is 0.481 e. The molecule has 0 bridgehead atoms. The van der Waals surface area contributed by atoms with Crippen molar-refractivity contribution in [2.24, 2.45) is 0 Å². The summed E-state index contributed by atoms with van der Waals surface area (Å²) >= 11 is 0. The zero-order valence-corrected chi connectivity index (χ0v) is 12.1. The molecule has 0 saturated heterocycles. The molecule has 0 unspecified atom stereocenters. The molecule has 0 aliphatic rings. The Morgan fingerprint density at radius 2 is 2.05 bits per heavy atom. The summed E-state index contributed by atoms with van der Waals surface area (Å²) in [6.07, 6.45) is 0.826. The number of para-hydroxylation sites is 1. The molecule has 1 heterocycles. The van der Waals surface area contributed by atoms with Crippen molar-refractivity contribution in [3.8, 4) is 5.75 Å². The van der Waals surface area contributed by atoms with E-state index < -0.39 is 11.7 Å². The summed E-state index contributed by atoms with van der Waals surface area (Å²) in [5, 5.41) is 12.9. The van der Waals surface area contributed by atoms with Crippen molar-refractivity contribution in [3.63, 3.8) is 0 Å². The summed E-state index contributed by atoms with van der Waals surface area (Å²) in [6.45, 7) is 3.28. The normalized spacial score (nSPS) is 15.0. The molecule has 5 heteroatoms. The highest BCUT2D eigenvalue weighted by atomic mass is 16.5. The molecule has 0 aliphatic carbocycles. The summed E-state index contributed by atoms with van der Waals surface area (Å²) in [4.78, 5) is 12.0. The van der Waals surface area contributed by atoms with Gasteiger partial charge in [-0.15, -0.1) is 0 Å². The minimum atomic E-state index is -1.26. The van der Waals surface area contributed by atoms with Gasteiger partial charge in [-0.25, -0.2) is 0 Å². The lowest BCUT2D eigenvalue weighted by Crippen LogP contribution is -2.43. The van der Waals surface area contributed by atoms with E-state index in [2.05, 4.69) is 5.32 Å². The number of amides is 1. The van der Waals surface area contributed by atoms with Crippen LogP contribution in [-0.4, -0.2) is 23.7 Å². The van der Waals surface area contributed by atoms with E-state index in [1.54, 1.807) is 38.1 Å². The van der Waals surface area contributed by atoms with Crippen molar-refractivity contribution < 1.29 is 19.1 Å². The Bertz CT molecular complexity index is 563. The van der Waals surface area contributed by atoms with Gasteiger partial charge in [0, 0.05) is 0 Å². The number of carbonyl (C=O) groups is 1. The van der Waals surface area contributed by atoms with Crippen LogP contribution in [0, 0.1) is 0 Å². The Kier molecular flexibility index (Phi) is 4.65. The number of hydrogen-bond donors (Lipinski definition) is 2. The molecule has 2 aromatic rings. The minimum absolute atomic E-state index is 0.0435. The Morgan fingerprint density at radius 1 is 1.33 bits per heavy atom. The molecule has 2 atom stereocenters. The van der Waals surface area contributed by atoms with Gasteiger partial charge in [-0.1, -0.05) is 18.2 Å². The lowest BCUT2D eigenvalue weighted by atomic mass is 10.0. The first kappa shape index (κ1) is 15.1. The number of nitrogens with one attached hydrogen (secondary N) is 1. The van der Waals surface area contributed by atoms with Gasteiger partial charge in [0.05, 0.1) is 12.8 Å². The smallest absolute Gasteiger partial charge is 0.260 e. The van der Waals surface area contributed by atoms with Gasteiger partial charge in [0.15, 0.2) is 6.10 Å². The zero-order valence-electron chi connectivity index (χ0n) is 12.1. The average molecular weight is 289 g/mol. The van der Waals surface area contributed by atoms with Gasteiger partial charge in [-0.3, -0.25) is 4.79 Å². The second-order valence-electron chi connectivity index (χ2n) is 5.04. The van der Waals surface area contributed by atoms with E-state index in [9.17, 15) is 9.90 Å². The molecule has 0 spiro atoms. The zero-order chi connectivity index (χ0) is 15.3. The van der Waals surface area contributed by atoms with Crippen molar-refractivity contribution in [2.45, 2.75) is 25.6 Å². The van der Waals surface area contributed by atoms with Crippen molar-refractivity contribution in [2.75, 3.05) is 6.54 Å². The van der Waals surface area contributed by atoms with Crippen molar-refractivity contribution in [1.82, 2.24) is 5.32 Å². The Labute approximate surface area is 123 Å². The average Bonchev–Trinajstić information content (AvgIpc) is 3.01. The molecular weight excluding hydrogens is 270 g/mol. The van der Waals surface area contributed by atoms with E-state index in [0.717, 1.165) is 0 Å². The second kappa shape index (κ2) is 6.45. The lowest BCUT2D eigenvalue weighted by Gasteiger charge is -2.22. The predicted molar refractivity (Wildman–Crippen MR) is 77.8 cm³/mol. The maximum Gasteiger partial charge on any atom is 0.260 e. The van der Waals surface area contributed by atoms with Gasteiger partial charge < -0.3 is 19.6 Å². The SMILES string of the molecule is C[C@H](Oc1ccccc1)C(=O)NC[C@@](C)(O)c1ccco1.